The van der Waals surface area contributed by atoms with E-state index in [-0.39, 0.29) is 11.7 Å². The predicted molar refractivity (Wildman–Crippen MR) is 71.8 cm³/mol. The van der Waals surface area contributed by atoms with Gasteiger partial charge >= 0.3 is 0 Å². The van der Waals surface area contributed by atoms with E-state index in [1.165, 1.54) is 0 Å². The fourth-order valence-electron chi connectivity index (χ4n) is 2.32. The molecule has 0 N–H and O–H groups in total. The van der Waals surface area contributed by atoms with E-state index in [2.05, 4.69) is 0 Å². The summed E-state index contributed by atoms with van der Waals surface area (Å²) < 4.78 is 0. The molecule has 1 saturated heterocycles. The summed E-state index contributed by atoms with van der Waals surface area (Å²) in [5.74, 6) is -0.523. The molecule has 1 amide bonds. The largest absolute Gasteiger partial charge is 0.312 e. The van der Waals surface area contributed by atoms with Crippen LogP contribution in [0.2, 0.25) is 5.02 Å². The number of hydrogen-bond acceptors (Lipinski definition) is 2. The molecule has 1 atom stereocenters. The lowest BCUT2D eigenvalue weighted by Gasteiger charge is -2.31. The fraction of sp³-hybridized carbons (Fsp3) is 0.429. The predicted octanol–water partition coefficient (Wildman–Crippen LogP) is 3.06. The van der Waals surface area contributed by atoms with Crippen LogP contribution in [-0.4, -0.2) is 18.2 Å². The first-order valence-electron chi connectivity index (χ1n) is 6.23. The number of piperidine rings is 1. The Hall–Kier alpha value is -1.35. The van der Waals surface area contributed by atoms with Crippen molar-refractivity contribution in [1.29, 1.82) is 0 Å². The van der Waals surface area contributed by atoms with Crippen LogP contribution in [0.15, 0.2) is 24.3 Å². The minimum Gasteiger partial charge on any atom is -0.312 e. The van der Waals surface area contributed by atoms with E-state index in [1.54, 1.807) is 24.0 Å². The molecule has 1 aliphatic rings. The van der Waals surface area contributed by atoms with Crippen LogP contribution < -0.4 is 4.90 Å². The second-order valence-electron chi connectivity index (χ2n) is 4.48. The summed E-state index contributed by atoms with van der Waals surface area (Å²) in [7, 11) is 0. The monoisotopic (exact) mass is 265 g/mol. The number of benzene rings is 1. The Balaban J connectivity index is 2.23. The summed E-state index contributed by atoms with van der Waals surface area (Å²) in [4.78, 5) is 25.7. The van der Waals surface area contributed by atoms with Gasteiger partial charge in [0.05, 0.1) is 5.92 Å². The molecule has 3 nitrogen and oxygen atoms in total. The maximum atomic E-state index is 12.3. The maximum Gasteiger partial charge on any atom is 0.237 e. The molecule has 0 spiro atoms. The van der Waals surface area contributed by atoms with Crippen molar-refractivity contribution in [2.45, 2.75) is 26.2 Å². The van der Waals surface area contributed by atoms with Crippen molar-refractivity contribution in [3.05, 3.63) is 29.3 Å². The van der Waals surface area contributed by atoms with Crippen LogP contribution in [0.4, 0.5) is 5.69 Å². The standard InChI is InChI=1S/C14H16ClNO2/c1-2-13(17)12-7-4-8-16(14(12)18)11-6-3-5-10(15)9-11/h3,5-6,9,12H,2,4,7-8H2,1H3/t12-/m0/s1. The van der Waals surface area contributed by atoms with Crippen LogP contribution in [0.25, 0.3) is 0 Å². The lowest BCUT2D eigenvalue weighted by molar-refractivity contribution is -0.133. The minimum absolute atomic E-state index is 0.0340. The van der Waals surface area contributed by atoms with Gasteiger partial charge in [-0.15, -0.1) is 0 Å². The molecule has 18 heavy (non-hydrogen) atoms. The number of hydrogen-bond donors (Lipinski definition) is 0. The SMILES string of the molecule is CCC(=O)[C@@H]1CCCN(c2cccc(Cl)c2)C1=O. The second kappa shape index (κ2) is 5.53. The highest BCUT2D eigenvalue weighted by Gasteiger charge is 2.33. The molecule has 1 heterocycles. The van der Waals surface area contributed by atoms with E-state index >= 15 is 0 Å². The molecule has 0 radical (unpaired) electrons. The number of carbonyl (C=O) groups excluding carboxylic acids is 2. The van der Waals surface area contributed by atoms with Crippen LogP contribution in [0.5, 0.6) is 0 Å². The summed E-state index contributed by atoms with van der Waals surface area (Å²) in [5.41, 5.74) is 0.779. The molecule has 1 fully saturated rings. The summed E-state index contributed by atoms with van der Waals surface area (Å²) >= 11 is 5.93. The topological polar surface area (TPSA) is 37.4 Å². The Morgan fingerprint density at radius 3 is 2.94 bits per heavy atom. The highest BCUT2D eigenvalue weighted by Crippen LogP contribution is 2.27. The molecular weight excluding hydrogens is 250 g/mol. The van der Waals surface area contributed by atoms with Gasteiger partial charge in [0.2, 0.25) is 5.91 Å². The van der Waals surface area contributed by atoms with Crippen LogP contribution in [0.1, 0.15) is 26.2 Å². The third-order valence-electron chi connectivity index (χ3n) is 3.30. The number of ketones is 1. The Kier molecular flexibility index (Phi) is 4.02. The zero-order chi connectivity index (χ0) is 13.1. The Labute approximate surface area is 112 Å². The van der Waals surface area contributed by atoms with Crippen LogP contribution >= 0.6 is 11.6 Å². The van der Waals surface area contributed by atoms with Crippen molar-refractivity contribution in [2.75, 3.05) is 11.4 Å². The van der Waals surface area contributed by atoms with Gasteiger partial charge in [0.15, 0.2) is 0 Å². The van der Waals surface area contributed by atoms with Gasteiger partial charge in [-0.3, -0.25) is 9.59 Å². The second-order valence-corrected chi connectivity index (χ2v) is 4.92. The van der Waals surface area contributed by atoms with Crippen LogP contribution in [0.3, 0.4) is 0 Å². The molecule has 1 aromatic rings. The molecule has 0 saturated carbocycles. The molecule has 4 heteroatoms. The van der Waals surface area contributed by atoms with Gasteiger partial charge in [0.1, 0.15) is 5.78 Å². The van der Waals surface area contributed by atoms with Gasteiger partial charge in [-0.2, -0.15) is 0 Å². The van der Waals surface area contributed by atoms with Crippen molar-refractivity contribution >= 4 is 29.0 Å². The average molecular weight is 266 g/mol. The number of rotatable bonds is 3. The molecule has 0 aromatic heterocycles. The smallest absolute Gasteiger partial charge is 0.237 e. The lowest BCUT2D eigenvalue weighted by atomic mass is 9.91. The first-order valence-corrected chi connectivity index (χ1v) is 6.61. The summed E-state index contributed by atoms with van der Waals surface area (Å²) in [6, 6.07) is 7.20. The number of nitrogens with zero attached hydrogens (tertiary/aromatic N) is 1. The molecule has 2 rings (SSSR count). The summed E-state index contributed by atoms with van der Waals surface area (Å²) in [6.45, 7) is 2.46. The van der Waals surface area contributed by atoms with Gasteiger partial charge in [-0.25, -0.2) is 0 Å². The van der Waals surface area contributed by atoms with E-state index in [0.29, 0.717) is 24.4 Å². The Bertz CT molecular complexity index is 473. The third kappa shape index (κ3) is 2.56. The third-order valence-corrected chi connectivity index (χ3v) is 3.53. The highest BCUT2D eigenvalue weighted by atomic mass is 35.5. The molecule has 1 aromatic carbocycles. The van der Waals surface area contributed by atoms with Gasteiger partial charge in [0, 0.05) is 23.7 Å². The van der Waals surface area contributed by atoms with E-state index < -0.39 is 5.92 Å². The van der Waals surface area contributed by atoms with Crippen molar-refractivity contribution in [3.8, 4) is 0 Å². The summed E-state index contributed by atoms with van der Waals surface area (Å²) in [6.07, 6.45) is 1.94. The van der Waals surface area contributed by atoms with Crippen molar-refractivity contribution in [1.82, 2.24) is 0 Å². The van der Waals surface area contributed by atoms with Crippen molar-refractivity contribution in [2.24, 2.45) is 5.92 Å². The van der Waals surface area contributed by atoms with Crippen LogP contribution in [-0.2, 0) is 9.59 Å². The molecular formula is C14H16ClNO2. The van der Waals surface area contributed by atoms with Gasteiger partial charge in [-0.05, 0) is 31.0 Å². The molecule has 96 valence electrons. The highest BCUT2D eigenvalue weighted by molar-refractivity contribution is 6.31. The summed E-state index contributed by atoms with van der Waals surface area (Å²) in [5, 5.41) is 0.601. The number of amides is 1. The van der Waals surface area contributed by atoms with E-state index in [9.17, 15) is 9.59 Å². The number of Topliss-reactive ketones (excluding diaryl/α,β-unsaturated/α-hetero) is 1. The molecule has 1 aliphatic heterocycles. The maximum absolute atomic E-state index is 12.3. The molecule has 0 bridgehead atoms. The first kappa shape index (κ1) is 13.1. The quantitative estimate of drug-likeness (QED) is 0.788. The minimum atomic E-state index is -0.470. The van der Waals surface area contributed by atoms with Gasteiger partial charge < -0.3 is 4.90 Å². The zero-order valence-corrected chi connectivity index (χ0v) is 11.1. The Morgan fingerprint density at radius 2 is 2.28 bits per heavy atom. The number of carbonyl (C=O) groups is 2. The number of anilines is 1. The average Bonchev–Trinajstić information content (AvgIpc) is 2.38. The normalized spacial score (nSPS) is 20.0. The lowest BCUT2D eigenvalue weighted by Crippen LogP contribution is -2.44. The van der Waals surface area contributed by atoms with Crippen LogP contribution in [0, 0.1) is 5.92 Å². The van der Waals surface area contributed by atoms with Gasteiger partial charge in [-0.1, -0.05) is 24.6 Å². The molecule has 0 aliphatic carbocycles. The van der Waals surface area contributed by atoms with Gasteiger partial charge in [0.25, 0.3) is 0 Å². The zero-order valence-electron chi connectivity index (χ0n) is 10.4. The van der Waals surface area contributed by atoms with E-state index in [0.717, 1.165) is 12.1 Å². The fourth-order valence-corrected chi connectivity index (χ4v) is 2.51. The van der Waals surface area contributed by atoms with Crippen molar-refractivity contribution in [3.63, 3.8) is 0 Å². The van der Waals surface area contributed by atoms with E-state index in [4.69, 9.17) is 11.6 Å². The van der Waals surface area contributed by atoms with Crippen molar-refractivity contribution < 1.29 is 9.59 Å². The molecule has 0 unspecified atom stereocenters. The first-order chi connectivity index (χ1) is 8.63. The number of halogens is 1. The Morgan fingerprint density at radius 1 is 1.50 bits per heavy atom. The van der Waals surface area contributed by atoms with E-state index in [1.807, 2.05) is 12.1 Å².